The van der Waals surface area contributed by atoms with Crippen LogP contribution in [0.1, 0.15) is 24.5 Å². The maximum absolute atomic E-state index is 12.8. The molecule has 1 aromatic carbocycles. The molecule has 3 atom stereocenters. The quantitative estimate of drug-likeness (QED) is 0.852. The highest BCUT2D eigenvalue weighted by molar-refractivity contribution is 5.86. The van der Waals surface area contributed by atoms with Gasteiger partial charge < -0.3 is 15.3 Å². The van der Waals surface area contributed by atoms with Gasteiger partial charge in [-0.15, -0.1) is 0 Å². The molecule has 112 valence electrons. The SMILES string of the molecule is CC1NCCC1C(=O)N1Cc2ccccc2CC1C(=O)O. The number of nitrogens with one attached hydrogen (secondary N) is 1. The Balaban J connectivity index is 1.89. The lowest BCUT2D eigenvalue weighted by molar-refractivity contribution is -0.153. The van der Waals surface area contributed by atoms with Gasteiger partial charge in [-0.2, -0.15) is 0 Å². The molecule has 3 unspecified atom stereocenters. The molecule has 1 aromatic rings. The number of fused-ring (bicyclic) bond motifs is 1. The van der Waals surface area contributed by atoms with Crippen molar-refractivity contribution >= 4 is 11.9 Å². The second kappa shape index (κ2) is 5.48. The smallest absolute Gasteiger partial charge is 0.326 e. The second-order valence-electron chi connectivity index (χ2n) is 5.93. The number of hydrogen-bond acceptors (Lipinski definition) is 3. The summed E-state index contributed by atoms with van der Waals surface area (Å²) in [6.07, 6.45) is 1.18. The van der Waals surface area contributed by atoms with Crippen LogP contribution >= 0.6 is 0 Å². The molecule has 2 heterocycles. The van der Waals surface area contributed by atoms with E-state index < -0.39 is 12.0 Å². The Labute approximate surface area is 123 Å². The Kier molecular flexibility index (Phi) is 3.68. The molecular formula is C16H20N2O3. The Morgan fingerprint density at radius 3 is 2.62 bits per heavy atom. The highest BCUT2D eigenvalue weighted by Crippen LogP contribution is 2.27. The number of carbonyl (C=O) groups is 2. The van der Waals surface area contributed by atoms with Gasteiger partial charge in [0.15, 0.2) is 0 Å². The highest BCUT2D eigenvalue weighted by Gasteiger charge is 2.40. The first-order valence-corrected chi connectivity index (χ1v) is 7.41. The molecule has 0 aliphatic carbocycles. The van der Waals surface area contributed by atoms with E-state index in [9.17, 15) is 14.7 Å². The van der Waals surface area contributed by atoms with Gasteiger partial charge in [0.05, 0.1) is 5.92 Å². The fraction of sp³-hybridized carbons (Fsp3) is 0.500. The number of aliphatic carboxylic acids is 1. The summed E-state index contributed by atoms with van der Waals surface area (Å²) in [7, 11) is 0. The molecule has 2 aliphatic rings. The van der Waals surface area contributed by atoms with Gasteiger partial charge in [0, 0.05) is 19.0 Å². The van der Waals surface area contributed by atoms with E-state index in [1.165, 1.54) is 0 Å². The van der Waals surface area contributed by atoms with Crippen molar-refractivity contribution in [3.63, 3.8) is 0 Å². The highest BCUT2D eigenvalue weighted by atomic mass is 16.4. The van der Waals surface area contributed by atoms with Crippen LogP contribution in [0.4, 0.5) is 0 Å². The Morgan fingerprint density at radius 2 is 2.00 bits per heavy atom. The third-order valence-electron chi connectivity index (χ3n) is 4.66. The fourth-order valence-corrected chi connectivity index (χ4v) is 3.38. The lowest BCUT2D eigenvalue weighted by Crippen LogP contribution is -2.51. The maximum Gasteiger partial charge on any atom is 0.326 e. The van der Waals surface area contributed by atoms with Crippen LogP contribution in [0, 0.1) is 5.92 Å². The molecule has 0 saturated carbocycles. The fourth-order valence-electron chi connectivity index (χ4n) is 3.38. The van der Waals surface area contributed by atoms with Crippen molar-refractivity contribution in [2.45, 2.75) is 38.4 Å². The number of amides is 1. The number of benzene rings is 1. The normalized spacial score (nSPS) is 28.2. The van der Waals surface area contributed by atoms with Crippen molar-refractivity contribution in [2.24, 2.45) is 5.92 Å². The molecule has 3 rings (SSSR count). The number of nitrogens with zero attached hydrogens (tertiary/aromatic N) is 1. The summed E-state index contributed by atoms with van der Waals surface area (Å²) < 4.78 is 0. The summed E-state index contributed by atoms with van der Waals surface area (Å²) >= 11 is 0. The minimum absolute atomic E-state index is 0.0330. The largest absolute Gasteiger partial charge is 0.480 e. The third kappa shape index (κ3) is 2.53. The van der Waals surface area contributed by atoms with Crippen molar-refractivity contribution in [3.8, 4) is 0 Å². The van der Waals surface area contributed by atoms with Crippen molar-refractivity contribution in [1.82, 2.24) is 10.2 Å². The molecule has 1 saturated heterocycles. The van der Waals surface area contributed by atoms with E-state index in [1.807, 2.05) is 31.2 Å². The Bertz CT molecular complexity index is 572. The van der Waals surface area contributed by atoms with Gasteiger partial charge in [-0.25, -0.2) is 4.79 Å². The minimum Gasteiger partial charge on any atom is -0.480 e. The lowest BCUT2D eigenvalue weighted by atomic mass is 9.91. The molecular weight excluding hydrogens is 268 g/mol. The van der Waals surface area contributed by atoms with Crippen LogP contribution in [-0.2, 0) is 22.6 Å². The summed E-state index contributed by atoms with van der Waals surface area (Å²) in [5.41, 5.74) is 2.09. The first-order valence-electron chi connectivity index (χ1n) is 7.41. The first-order chi connectivity index (χ1) is 10.1. The molecule has 1 amide bonds. The van der Waals surface area contributed by atoms with Crippen molar-refractivity contribution < 1.29 is 14.7 Å². The van der Waals surface area contributed by atoms with E-state index in [-0.39, 0.29) is 17.9 Å². The predicted molar refractivity (Wildman–Crippen MR) is 77.7 cm³/mol. The van der Waals surface area contributed by atoms with Crippen LogP contribution in [0.3, 0.4) is 0 Å². The maximum atomic E-state index is 12.8. The molecule has 0 spiro atoms. The van der Waals surface area contributed by atoms with Crippen LogP contribution in [0.15, 0.2) is 24.3 Å². The Hall–Kier alpha value is -1.88. The molecule has 0 aromatic heterocycles. The van der Waals surface area contributed by atoms with Gasteiger partial charge in [0.25, 0.3) is 0 Å². The molecule has 0 bridgehead atoms. The van der Waals surface area contributed by atoms with Crippen molar-refractivity contribution in [3.05, 3.63) is 35.4 Å². The zero-order valence-electron chi connectivity index (χ0n) is 12.1. The van der Waals surface area contributed by atoms with Crippen LogP contribution in [-0.4, -0.2) is 40.5 Å². The summed E-state index contributed by atoms with van der Waals surface area (Å²) in [4.78, 5) is 25.9. The third-order valence-corrected chi connectivity index (χ3v) is 4.66. The minimum atomic E-state index is -0.920. The topological polar surface area (TPSA) is 69.6 Å². The molecule has 2 aliphatic heterocycles. The summed E-state index contributed by atoms with van der Waals surface area (Å²) in [6, 6.07) is 7.14. The second-order valence-corrected chi connectivity index (χ2v) is 5.93. The molecule has 5 nitrogen and oxygen atoms in total. The monoisotopic (exact) mass is 288 g/mol. The van der Waals surface area contributed by atoms with Gasteiger partial charge in [0.1, 0.15) is 6.04 Å². The van der Waals surface area contributed by atoms with Crippen LogP contribution in [0.25, 0.3) is 0 Å². The van der Waals surface area contributed by atoms with E-state index in [4.69, 9.17) is 0 Å². The van der Waals surface area contributed by atoms with E-state index in [0.29, 0.717) is 13.0 Å². The molecule has 2 N–H and O–H groups in total. The summed E-state index contributed by atoms with van der Waals surface area (Å²) in [5.74, 6) is -1.07. The number of carbonyl (C=O) groups excluding carboxylic acids is 1. The van der Waals surface area contributed by atoms with E-state index in [0.717, 1.165) is 24.1 Å². The standard InChI is InChI=1S/C16H20N2O3/c1-10-13(6-7-17-10)15(19)18-9-12-5-3-2-4-11(12)8-14(18)16(20)21/h2-5,10,13-14,17H,6-9H2,1H3,(H,20,21). The van der Waals surface area contributed by atoms with Gasteiger partial charge >= 0.3 is 5.97 Å². The first kappa shape index (κ1) is 14.1. The number of hydrogen-bond donors (Lipinski definition) is 2. The molecule has 5 heteroatoms. The molecule has 1 fully saturated rings. The Morgan fingerprint density at radius 1 is 1.29 bits per heavy atom. The average molecular weight is 288 g/mol. The summed E-state index contributed by atoms with van der Waals surface area (Å²) in [5, 5.41) is 12.7. The van der Waals surface area contributed by atoms with E-state index in [1.54, 1.807) is 4.90 Å². The van der Waals surface area contributed by atoms with Crippen LogP contribution in [0.2, 0.25) is 0 Å². The number of carboxylic acid groups (broad SMARTS) is 1. The zero-order valence-corrected chi connectivity index (χ0v) is 12.1. The van der Waals surface area contributed by atoms with E-state index in [2.05, 4.69) is 5.32 Å². The van der Waals surface area contributed by atoms with Gasteiger partial charge in [0.2, 0.25) is 5.91 Å². The lowest BCUT2D eigenvalue weighted by Gasteiger charge is -2.36. The van der Waals surface area contributed by atoms with Crippen molar-refractivity contribution in [2.75, 3.05) is 6.54 Å². The van der Waals surface area contributed by atoms with Gasteiger partial charge in [-0.3, -0.25) is 4.79 Å². The van der Waals surface area contributed by atoms with Gasteiger partial charge in [-0.05, 0) is 31.0 Å². The molecule has 21 heavy (non-hydrogen) atoms. The summed E-state index contributed by atoms with van der Waals surface area (Å²) in [6.45, 7) is 3.21. The zero-order chi connectivity index (χ0) is 15.0. The molecule has 0 radical (unpaired) electrons. The predicted octanol–water partition coefficient (Wildman–Crippen LogP) is 1.02. The van der Waals surface area contributed by atoms with Crippen LogP contribution in [0.5, 0.6) is 0 Å². The number of carboxylic acids is 1. The van der Waals surface area contributed by atoms with Gasteiger partial charge in [-0.1, -0.05) is 24.3 Å². The van der Waals surface area contributed by atoms with Crippen molar-refractivity contribution in [1.29, 1.82) is 0 Å². The number of rotatable bonds is 2. The van der Waals surface area contributed by atoms with E-state index >= 15 is 0 Å². The van der Waals surface area contributed by atoms with Crippen LogP contribution < -0.4 is 5.32 Å². The average Bonchev–Trinajstić information content (AvgIpc) is 2.91.